The van der Waals surface area contributed by atoms with Crippen molar-refractivity contribution in [3.63, 3.8) is 0 Å². The van der Waals surface area contributed by atoms with E-state index in [9.17, 15) is 14.7 Å². The van der Waals surface area contributed by atoms with E-state index < -0.39 is 17.7 Å². The van der Waals surface area contributed by atoms with E-state index in [0.29, 0.717) is 35.0 Å². The number of rotatable bonds is 9. The summed E-state index contributed by atoms with van der Waals surface area (Å²) in [7, 11) is 0. The Hall–Kier alpha value is -4.91. The third-order valence-corrected chi connectivity index (χ3v) is 6.69. The van der Waals surface area contributed by atoms with Crippen molar-refractivity contribution in [3.05, 3.63) is 125 Å². The normalized spacial score (nSPS) is 16.2. The maximum absolute atomic E-state index is 13.5. The average molecular weight is 535 g/mol. The number of pyridine rings is 1. The predicted octanol–water partition coefficient (Wildman–Crippen LogP) is 6.59. The number of aliphatic hydroxyl groups is 1. The Balaban J connectivity index is 1.60. The van der Waals surface area contributed by atoms with Gasteiger partial charge in [-0.3, -0.25) is 14.6 Å². The molecule has 0 bridgehead atoms. The van der Waals surface area contributed by atoms with Gasteiger partial charge in [0.15, 0.2) is 0 Å². The summed E-state index contributed by atoms with van der Waals surface area (Å²) in [6, 6.07) is 24.7. The molecule has 0 spiro atoms. The van der Waals surface area contributed by atoms with Gasteiger partial charge in [-0.1, -0.05) is 43.3 Å². The molecule has 0 aliphatic carbocycles. The summed E-state index contributed by atoms with van der Waals surface area (Å²) in [5.74, 6) is 0.215. The molecule has 4 aromatic rings. The van der Waals surface area contributed by atoms with Crippen molar-refractivity contribution < 1.29 is 24.2 Å². The highest BCUT2D eigenvalue weighted by molar-refractivity contribution is 6.46. The molecule has 2 heterocycles. The van der Waals surface area contributed by atoms with Crippen LogP contribution in [0.25, 0.3) is 5.76 Å². The topological polar surface area (TPSA) is 89.0 Å². The molecule has 0 unspecified atom stereocenters. The largest absolute Gasteiger partial charge is 0.507 e. The Morgan fingerprint density at radius 1 is 0.925 bits per heavy atom. The molecule has 3 aromatic carbocycles. The van der Waals surface area contributed by atoms with E-state index in [1.54, 1.807) is 36.7 Å². The van der Waals surface area contributed by atoms with Gasteiger partial charge in [0.2, 0.25) is 0 Å². The van der Waals surface area contributed by atoms with Crippen molar-refractivity contribution in [1.29, 1.82) is 0 Å². The monoisotopic (exact) mass is 534 g/mol. The number of aliphatic hydroxyl groups excluding tert-OH is 1. The second kappa shape index (κ2) is 11.9. The fraction of sp³-hybridized carbons (Fsp3) is 0.182. The molecular formula is C33H30N2O5. The van der Waals surface area contributed by atoms with Crippen molar-refractivity contribution in [2.75, 3.05) is 6.61 Å². The van der Waals surface area contributed by atoms with E-state index in [-0.39, 0.29) is 17.9 Å². The Bertz CT molecular complexity index is 1550. The van der Waals surface area contributed by atoms with Gasteiger partial charge >= 0.3 is 0 Å². The lowest BCUT2D eigenvalue weighted by Crippen LogP contribution is -2.29. The van der Waals surface area contributed by atoms with Crippen LogP contribution < -0.4 is 9.47 Å². The fourth-order valence-electron chi connectivity index (χ4n) is 4.81. The second-order valence-electron chi connectivity index (χ2n) is 9.60. The summed E-state index contributed by atoms with van der Waals surface area (Å²) in [5, 5.41) is 11.6. The van der Waals surface area contributed by atoms with Gasteiger partial charge in [-0.2, -0.15) is 0 Å². The maximum atomic E-state index is 13.5. The molecule has 7 heteroatoms. The Morgan fingerprint density at radius 2 is 1.73 bits per heavy atom. The van der Waals surface area contributed by atoms with Gasteiger partial charge in [0, 0.05) is 24.5 Å². The molecule has 1 atom stereocenters. The molecule has 1 aliphatic rings. The first kappa shape index (κ1) is 26.7. The zero-order chi connectivity index (χ0) is 28.1. The molecule has 1 fully saturated rings. The number of likely N-dealkylation sites (tertiary alicyclic amines) is 1. The molecular weight excluding hydrogens is 504 g/mol. The number of carbonyl (C=O) groups excluding carboxylic acids is 2. The number of Topliss-reactive ketones (excluding diaryl/α,β-unsaturated/α-hetero) is 1. The van der Waals surface area contributed by atoms with Crippen LogP contribution in [-0.2, 0) is 16.1 Å². The summed E-state index contributed by atoms with van der Waals surface area (Å²) in [6.07, 6.45) is 4.18. The van der Waals surface area contributed by atoms with Gasteiger partial charge in [-0.15, -0.1) is 0 Å². The number of aryl methyl sites for hydroxylation is 1. The average Bonchev–Trinajstić information content (AvgIpc) is 3.22. The standard InChI is InChI=1S/C33H30N2O5/c1-3-17-39-26-14-15-28(22(2)18-26)31(36)29-30(35(33(38)32(29)37)21-23-9-8-16-34-20-23)24-10-7-13-27(19-24)40-25-11-5-4-6-12-25/h4-16,18-20,30,36H,3,17,21H2,1-2H3/t30-/m0/s1. The molecule has 1 aliphatic heterocycles. The van der Waals surface area contributed by atoms with E-state index in [4.69, 9.17) is 9.47 Å². The van der Waals surface area contributed by atoms with Crippen LogP contribution in [0.5, 0.6) is 17.2 Å². The van der Waals surface area contributed by atoms with E-state index in [2.05, 4.69) is 4.98 Å². The van der Waals surface area contributed by atoms with Gasteiger partial charge in [0.25, 0.3) is 11.7 Å². The van der Waals surface area contributed by atoms with Crippen LogP contribution in [0, 0.1) is 6.92 Å². The number of benzene rings is 3. The Kier molecular flexibility index (Phi) is 7.92. The van der Waals surface area contributed by atoms with Gasteiger partial charge in [0.1, 0.15) is 23.0 Å². The zero-order valence-corrected chi connectivity index (χ0v) is 22.4. The molecule has 1 aromatic heterocycles. The molecule has 0 radical (unpaired) electrons. The highest BCUT2D eigenvalue weighted by Crippen LogP contribution is 2.42. The first-order valence-electron chi connectivity index (χ1n) is 13.2. The lowest BCUT2D eigenvalue weighted by Gasteiger charge is -2.26. The van der Waals surface area contributed by atoms with E-state index in [1.807, 2.05) is 74.5 Å². The highest BCUT2D eigenvalue weighted by atomic mass is 16.5. The van der Waals surface area contributed by atoms with Crippen LogP contribution in [0.3, 0.4) is 0 Å². The van der Waals surface area contributed by atoms with Crippen molar-refractivity contribution >= 4 is 17.4 Å². The van der Waals surface area contributed by atoms with Crippen LogP contribution >= 0.6 is 0 Å². The van der Waals surface area contributed by atoms with Crippen LogP contribution in [0.4, 0.5) is 0 Å². The molecule has 40 heavy (non-hydrogen) atoms. The fourth-order valence-corrected chi connectivity index (χ4v) is 4.81. The lowest BCUT2D eigenvalue weighted by molar-refractivity contribution is -0.140. The van der Waals surface area contributed by atoms with Crippen LogP contribution in [0.1, 0.15) is 41.6 Å². The van der Waals surface area contributed by atoms with Gasteiger partial charge < -0.3 is 19.5 Å². The van der Waals surface area contributed by atoms with Crippen LogP contribution in [-0.4, -0.2) is 33.3 Å². The van der Waals surface area contributed by atoms with Crippen LogP contribution in [0.2, 0.25) is 0 Å². The first-order valence-corrected chi connectivity index (χ1v) is 13.2. The highest BCUT2D eigenvalue weighted by Gasteiger charge is 2.46. The number of amides is 1. The second-order valence-corrected chi connectivity index (χ2v) is 9.60. The molecule has 202 valence electrons. The molecule has 1 N–H and O–H groups in total. The van der Waals surface area contributed by atoms with Crippen molar-refractivity contribution in [2.24, 2.45) is 0 Å². The predicted molar refractivity (Wildman–Crippen MR) is 152 cm³/mol. The number of hydrogen-bond acceptors (Lipinski definition) is 6. The third-order valence-electron chi connectivity index (χ3n) is 6.69. The number of ether oxygens (including phenoxy) is 2. The number of ketones is 1. The number of hydrogen-bond donors (Lipinski definition) is 1. The summed E-state index contributed by atoms with van der Waals surface area (Å²) in [4.78, 5) is 32.6. The van der Waals surface area contributed by atoms with Gasteiger partial charge in [-0.05, 0) is 78.6 Å². The van der Waals surface area contributed by atoms with E-state index in [1.165, 1.54) is 4.90 Å². The van der Waals surface area contributed by atoms with Crippen molar-refractivity contribution in [3.8, 4) is 17.2 Å². The summed E-state index contributed by atoms with van der Waals surface area (Å²) in [5.41, 5.74) is 2.61. The smallest absolute Gasteiger partial charge is 0.295 e. The number of carbonyl (C=O) groups is 2. The summed E-state index contributed by atoms with van der Waals surface area (Å²) >= 11 is 0. The van der Waals surface area contributed by atoms with E-state index in [0.717, 1.165) is 17.5 Å². The zero-order valence-electron chi connectivity index (χ0n) is 22.4. The van der Waals surface area contributed by atoms with Crippen molar-refractivity contribution in [2.45, 2.75) is 32.9 Å². The molecule has 0 saturated carbocycles. The van der Waals surface area contributed by atoms with Gasteiger partial charge in [0.05, 0.1) is 18.2 Å². The third kappa shape index (κ3) is 5.59. The Morgan fingerprint density at radius 3 is 2.45 bits per heavy atom. The Labute approximate surface area is 233 Å². The minimum atomic E-state index is -0.838. The van der Waals surface area contributed by atoms with Crippen molar-refractivity contribution in [1.82, 2.24) is 9.88 Å². The molecule has 7 nitrogen and oxygen atoms in total. The lowest BCUT2D eigenvalue weighted by atomic mass is 9.93. The maximum Gasteiger partial charge on any atom is 0.295 e. The molecule has 1 amide bonds. The molecule has 5 rings (SSSR count). The number of nitrogens with zero attached hydrogens (tertiary/aromatic N) is 2. The van der Waals surface area contributed by atoms with Crippen LogP contribution in [0.15, 0.2) is 103 Å². The number of aromatic nitrogens is 1. The number of para-hydroxylation sites is 1. The first-order chi connectivity index (χ1) is 19.5. The summed E-state index contributed by atoms with van der Waals surface area (Å²) in [6.45, 7) is 4.58. The SMILES string of the molecule is CCCOc1ccc(C(O)=C2C(=O)C(=O)N(Cc3cccnc3)[C@H]2c2cccc(Oc3ccccc3)c2)c(C)c1. The van der Waals surface area contributed by atoms with Gasteiger partial charge in [-0.25, -0.2) is 0 Å². The molecule has 1 saturated heterocycles. The minimum Gasteiger partial charge on any atom is -0.507 e. The summed E-state index contributed by atoms with van der Waals surface area (Å²) < 4.78 is 11.8. The van der Waals surface area contributed by atoms with E-state index >= 15 is 0 Å². The quantitative estimate of drug-likeness (QED) is 0.148. The minimum absolute atomic E-state index is 0.0241.